The molecule has 1 aromatic rings. The lowest BCUT2D eigenvalue weighted by molar-refractivity contribution is -0.126. The predicted molar refractivity (Wildman–Crippen MR) is 84.1 cm³/mol. The second kappa shape index (κ2) is 6.38. The topological polar surface area (TPSA) is 88.2 Å². The van der Waals surface area contributed by atoms with E-state index in [1.807, 2.05) is 0 Å². The van der Waals surface area contributed by atoms with E-state index < -0.39 is 0 Å². The summed E-state index contributed by atoms with van der Waals surface area (Å²) in [4.78, 5) is 39.1. The molecule has 0 aliphatic carbocycles. The molecule has 8 nitrogen and oxygen atoms in total. The van der Waals surface area contributed by atoms with Gasteiger partial charge in [0.15, 0.2) is 0 Å². The maximum Gasteiger partial charge on any atom is 0.324 e. The summed E-state index contributed by atoms with van der Waals surface area (Å²) in [5, 5.41) is 2.50. The molecule has 1 N–H and O–H groups in total. The van der Waals surface area contributed by atoms with Gasteiger partial charge in [-0.1, -0.05) is 0 Å². The molecule has 0 spiro atoms. The molecule has 0 bridgehead atoms. The minimum Gasteiger partial charge on any atom is -0.497 e. The van der Waals surface area contributed by atoms with Gasteiger partial charge in [-0.05, 0) is 18.6 Å². The molecule has 1 aromatic carbocycles. The van der Waals surface area contributed by atoms with E-state index in [1.165, 1.54) is 12.0 Å². The van der Waals surface area contributed by atoms with Crippen molar-refractivity contribution in [2.24, 2.45) is 0 Å². The molecule has 2 heterocycles. The fourth-order valence-electron chi connectivity index (χ4n) is 3.09. The summed E-state index contributed by atoms with van der Waals surface area (Å²) < 4.78 is 10.4. The third kappa shape index (κ3) is 2.75. The molecule has 2 saturated heterocycles. The number of carbonyl (C=O) groups is 3. The molecule has 2 fully saturated rings. The Morgan fingerprint density at radius 2 is 2.04 bits per heavy atom. The van der Waals surface area contributed by atoms with Crippen LogP contribution in [0.5, 0.6) is 11.5 Å². The average molecular weight is 333 g/mol. The van der Waals surface area contributed by atoms with Gasteiger partial charge in [0, 0.05) is 19.2 Å². The third-order valence-corrected chi connectivity index (χ3v) is 4.33. The van der Waals surface area contributed by atoms with E-state index in [-0.39, 0.29) is 30.4 Å². The van der Waals surface area contributed by atoms with Crippen LogP contribution < -0.4 is 14.8 Å². The van der Waals surface area contributed by atoms with Gasteiger partial charge in [-0.25, -0.2) is 4.79 Å². The fourth-order valence-corrected chi connectivity index (χ4v) is 3.09. The van der Waals surface area contributed by atoms with Gasteiger partial charge in [0.2, 0.25) is 5.91 Å². The van der Waals surface area contributed by atoms with Gasteiger partial charge >= 0.3 is 6.03 Å². The van der Waals surface area contributed by atoms with E-state index in [2.05, 4.69) is 5.32 Å². The molecular formula is C16H19N3O5. The number of hydrogen-bond donors (Lipinski definition) is 1. The first-order valence-electron chi connectivity index (χ1n) is 7.66. The minimum atomic E-state index is -0.388. The Labute approximate surface area is 139 Å². The summed E-state index contributed by atoms with van der Waals surface area (Å²) in [7, 11) is 3.03. The first-order valence-corrected chi connectivity index (χ1v) is 7.66. The van der Waals surface area contributed by atoms with Gasteiger partial charge < -0.3 is 19.7 Å². The summed E-state index contributed by atoms with van der Waals surface area (Å²) in [6.45, 7) is 0.832. The Kier molecular flexibility index (Phi) is 4.28. The minimum absolute atomic E-state index is 0.0234. The zero-order chi connectivity index (χ0) is 17.3. The summed E-state index contributed by atoms with van der Waals surface area (Å²) in [6.07, 6.45) is 0.573. The van der Waals surface area contributed by atoms with E-state index >= 15 is 0 Å². The van der Waals surface area contributed by atoms with Gasteiger partial charge in [0.05, 0.1) is 32.4 Å². The van der Waals surface area contributed by atoms with E-state index in [0.29, 0.717) is 36.6 Å². The standard InChI is InChI=1S/C16H19N3O5/c1-23-11-3-4-12(13(7-11)24-2)15(21)18-6-5-10(9-18)19-14(20)8-17-16(19)22/h3-4,7,10H,5-6,8-9H2,1-2H3,(H,17,22). The van der Waals surface area contributed by atoms with Crippen LogP contribution in [0, 0.1) is 0 Å². The van der Waals surface area contributed by atoms with Crippen LogP contribution >= 0.6 is 0 Å². The van der Waals surface area contributed by atoms with Crippen molar-refractivity contribution in [3.05, 3.63) is 23.8 Å². The number of methoxy groups -OCH3 is 2. The second-order valence-electron chi connectivity index (χ2n) is 5.68. The van der Waals surface area contributed by atoms with Gasteiger partial charge in [-0.15, -0.1) is 0 Å². The smallest absolute Gasteiger partial charge is 0.324 e. The molecule has 8 heteroatoms. The van der Waals surface area contributed by atoms with Crippen molar-refractivity contribution in [3.63, 3.8) is 0 Å². The van der Waals surface area contributed by atoms with Crippen LogP contribution in [0.1, 0.15) is 16.8 Å². The molecule has 128 valence electrons. The highest BCUT2D eigenvalue weighted by Gasteiger charge is 2.40. The van der Waals surface area contributed by atoms with Crippen LogP contribution in [-0.2, 0) is 4.79 Å². The van der Waals surface area contributed by atoms with Crippen molar-refractivity contribution in [2.75, 3.05) is 33.9 Å². The van der Waals surface area contributed by atoms with Crippen LogP contribution in [0.25, 0.3) is 0 Å². The van der Waals surface area contributed by atoms with Crippen LogP contribution in [0.2, 0.25) is 0 Å². The first-order chi connectivity index (χ1) is 11.5. The number of nitrogens with zero attached hydrogens (tertiary/aromatic N) is 2. The van der Waals surface area contributed by atoms with E-state index in [4.69, 9.17) is 9.47 Å². The molecule has 1 atom stereocenters. The molecule has 24 heavy (non-hydrogen) atoms. The lowest BCUT2D eigenvalue weighted by atomic mass is 10.1. The van der Waals surface area contributed by atoms with Crippen molar-refractivity contribution in [2.45, 2.75) is 12.5 Å². The number of urea groups is 1. The number of ether oxygens (including phenoxy) is 2. The van der Waals surface area contributed by atoms with Gasteiger partial charge in [-0.3, -0.25) is 14.5 Å². The highest BCUT2D eigenvalue weighted by molar-refractivity contribution is 6.02. The van der Waals surface area contributed by atoms with Crippen molar-refractivity contribution in [3.8, 4) is 11.5 Å². The Morgan fingerprint density at radius 1 is 1.25 bits per heavy atom. The number of carbonyl (C=O) groups excluding carboxylic acids is 3. The van der Waals surface area contributed by atoms with Crippen molar-refractivity contribution >= 4 is 17.8 Å². The SMILES string of the molecule is COc1ccc(C(=O)N2CCC(N3C(=O)CNC3=O)C2)c(OC)c1. The van der Waals surface area contributed by atoms with Crippen LogP contribution in [-0.4, -0.2) is 67.5 Å². The lowest BCUT2D eigenvalue weighted by Gasteiger charge is -2.22. The maximum atomic E-state index is 12.8. The van der Waals surface area contributed by atoms with Crippen molar-refractivity contribution < 1.29 is 23.9 Å². The summed E-state index contributed by atoms with van der Waals surface area (Å²) in [5.74, 6) is 0.588. The molecule has 0 radical (unpaired) electrons. The zero-order valence-electron chi connectivity index (χ0n) is 13.6. The van der Waals surface area contributed by atoms with Crippen molar-refractivity contribution in [1.82, 2.24) is 15.1 Å². The number of hydrogen-bond acceptors (Lipinski definition) is 5. The molecule has 2 aliphatic rings. The number of amides is 4. The number of rotatable bonds is 4. The number of imide groups is 1. The second-order valence-corrected chi connectivity index (χ2v) is 5.68. The number of nitrogens with one attached hydrogen (secondary N) is 1. The third-order valence-electron chi connectivity index (χ3n) is 4.33. The van der Waals surface area contributed by atoms with Gasteiger partial charge in [0.25, 0.3) is 5.91 Å². The quantitative estimate of drug-likeness (QED) is 0.809. The van der Waals surface area contributed by atoms with Gasteiger partial charge in [0.1, 0.15) is 11.5 Å². The Bertz CT molecular complexity index is 674. The highest BCUT2D eigenvalue weighted by Crippen LogP contribution is 2.28. The molecule has 3 rings (SSSR count). The Hall–Kier alpha value is -2.77. The maximum absolute atomic E-state index is 12.8. The van der Waals surface area contributed by atoms with Crippen LogP contribution in [0.3, 0.4) is 0 Å². The predicted octanol–water partition coefficient (Wildman–Crippen LogP) is 0.470. The van der Waals surface area contributed by atoms with E-state index in [1.54, 1.807) is 30.2 Å². The molecule has 2 aliphatic heterocycles. The van der Waals surface area contributed by atoms with Crippen LogP contribution in [0.15, 0.2) is 18.2 Å². The molecule has 0 aromatic heterocycles. The Morgan fingerprint density at radius 3 is 2.67 bits per heavy atom. The van der Waals surface area contributed by atoms with Gasteiger partial charge in [-0.2, -0.15) is 0 Å². The first kappa shape index (κ1) is 16.1. The normalized spacial score (nSPS) is 20.3. The highest BCUT2D eigenvalue weighted by atomic mass is 16.5. The molecule has 1 unspecified atom stereocenters. The average Bonchev–Trinajstić information content (AvgIpc) is 3.20. The number of likely N-dealkylation sites (tertiary alicyclic amines) is 1. The summed E-state index contributed by atoms with van der Waals surface area (Å²) >= 11 is 0. The van der Waals surface area contributed by atoms with E-state index in [0.717, 1.165) is 0 Å². The molecule has 0 saturated carbocycles. The molecular weight excluding hydrogens is 314 g/mol. The fraction of sp³-hybridized carbons (Fsp3) is 0.438. The monoisotopic (exact) mass is 333 g/mol. The van der Waals surface area contributed by atoms with E-state index in [9.17, 15) is 14.4 Å². The Balaban J connectivity index is 1.75. The summed E-state index contributed by atoms with van der Waals surface area (Å²) in [5.41, 5.74) is 0.427. The zero-order valence-corrected chi connectivity index (χ0v) is 13.6. The van der Waals surface area contributed by atoms with Crippen molar-refractivity contribution in [1.29, 1.82) is 0 Å². The summed E-state index contributed by atoms with van der Waals surface area (Å²) in [6, 6.07) is 4.33. The molecule has 4 amide bonds. The lowest BCUT2D eigenvalue weighted by Crippen LogP contribution is -2.42. The number of benzene rings is 1. The van der Waals surface area contributed by atoms with Crippen LogP contribution in [0.4, 0.5) is 4.79 Å². The largest absolute Gasteiger partial charge is 0.497 e.